The molecule has 2 aliphatic heterocycles. The molecule has 0 aromatic heterocycles. The maximum absolute atomic E-state index is 11.0. The Bertz CT molecular complexity index is 401. The highest BCUT2D eigenvalue weighted by molar-refractivity contribution is 5.04. The summed E-state index contributed by atoms with van der Waals surface area (Å²) in [5, 5.41) is 12.7. The molecule has 1 spiro atoms. The summed E-state index contributed by atoms with van der Waals surface area (Å²) in [5.74, 6) is -0.478. The second kappa shape index (κ2) is 5.73. The molecule has 1 N–H and O–H groups in total. The van der Waals surface area contributed by atoms with Crippen LogP contribution in [0.4, 0.5) is 0 Å². The molecular weight excluding hydrogens is 278 g/mol. The van der Waals surface area contributed by atoms with Gasteiger partial charge in [-0.25, -0.2) is 0 Å². The van der Waals surface area contributed by atoms with Crippen LogP contribution in [0.1, 0.15) is 74.1 Å². The van der Waals surface area contributed by atoms with Crippen LogP contribution in [0.3, 0.4) is 0 Å². The molecule has 0 aromatic rings. The summed E-state index contributed by atoms with van der Waals surface area (Å²) < 4.78 is 12.7. The van der Waals surface area contributed by atoms with Crippen LogP contribution in [0.5, 0.6) is 0 Å². The molecule has 0 radical (unpaired) electrons. The van der Waals surface area contributed by atoms with E-state index in [1.807, 2.05) is 0 Å². The SMILES string of the molecule is CCC1(C)CCC2(OCC(C)(C)CO2)C(C)C(C)(CC)N1O. The van der Waals surface area contributed by atoms with E-state index in [1.165, 1.54) is 0 Å². The molecule has 4 nitrogen and oxygen atoms in total. The minimum atomic E-state index is -0.575. The fourth-order valence-electron chi connectivity index (χ4n) is 3.93. The van der Waals surface area contributed by atoms with Gasteiger partial charge in [0.1, 0.15) is 0 Å². The number of hydrogen-bond acceptors (Lipinski definition) is 4. The number of nitrogens with zero attached hydrogens (tertiary/aromatic N) is 1. The Kier molecular flexibility index (Phi) is 4.73. The maximum atomic E-state index is 11.0. The number of ether oxygens (including phenoxy) is 2. The van der Waals surface area contributed by atoms with E-state index in [0.717, 1.165) is 25.7 Å². The second-order valence-corrected chi connectivity index (χ2v) is 8.65. The zero-order valence-electron chi connectivity index (χ0n) is 15.5. The van der Waals surface area contributed by atoms with Gasteiger partial charge >= 0.3 is 0 Å². The quantitative estimate of drug-likeness (QED) is 0.829. The van der Waals surface area contributed by atoms with Crippen molar-refractivity contribution in [2.45, 2.75) is 91.0 Å². The highest BCUT2D eigenvalue weighted by Gasteiger charge is 2.58. The molecule has 0 aliphatic carbocycles. The first-order valence-electron chi connectivity index (χ1n) is 8.82. The Hall–Kier alpha value is -0.160. The predicted molar refractivity (Wildman–Crippen MR) is 87.8 cm³/mol. The van der Waals surface area contributed by atoms with Crippen molar-refractivity contribution >= 4 is 0 Å². The Labute approximate surface area is 136 Å². The van der Waals surface area contributed by atoms with Gasteiger partial charge in [-0.2, -0.15) is 5.06 Å². The van der Waals surface area contributed by atoms with Gasteiger partial charge in [0.25, 0.3) is 0 Å². The van der Waals surface area contributed by atoms with Crippen LogP contribution >= 0.6 is 0 Å². The molecule has 0 aromatic carbocycles. The monoisotopic (exact) mass is 313 g/mol. The minimum absolute atomic E-state index is 0.0624. The molecule has 3 atom stereocenters. The minimum Gasteiger partial charge on any atom is -0.349 e. The van der Waals surface area contributed by atoms with Gasteiger partial charge in [0.2, 0.25) is 0 Å². The highest BCUT2D eigenvalue weighted by Crippen LogP contribution is 2.50. The first-order valence-corrected chi connectivity index (χ1v) is 8.82. The van der Waals surface area contributed by atoms with Crippen LogP contribution in [0.25, 0.3) is 0 Å². The fourth-order valence-corrected chi connectivity index (χ4v) is 3.93. The molecule has 2 saturated heterocycles. The highest BCUT2D eigenvalue weighted by atomic mass is 16.7. The standard InChI is InChI=1S/C18H35NO3/c1-8-16(6)10-11-18(21-12-15(4,5)13-22-18)14(3)17(7,9-2)19(16)20/h14,20H,8-13H2,1-7H3. The summed E-state index contributed by atoms with van der Waals surface area (Å²) in [7, 11) is 0. The van der Waals surface area contributed by atoms with Crippen LogP contribution < -0.4 is 0 Å². The topological polar surface area (TPSA) is 41.9 Å². The Morgan fingerprint density at radius 2 is 1.55 bits per heavy atom. The zero-order valence-corrected chi connectivity index (χ0v) is 15.5. The first kappa shape index (κ1) is 18.2. The molecule has 2 fully saturated rings. The third-order valence-corrected chi connectivity index (χ3v) is 6.49. The summed E-state index contributed by atoms with van der Waals surface area (Å²) in [6, 6.07) is 0. The van der Waals surface area contributed by atoms with Crippen molar-refractivity contribution in [2.75, 3.05) is 13.2 Å². The van der Waals surface area contributed by atoms with Crippen molar-refractivity contribution in [1.29, 1.82) is 0 Å². The van der Waals surface area contributed by atoms with E-state index < -0.39 is 5.79 Å². The van der Waals surface area contributed by atoms with Gasteiger partial charge in [-0.05, 0) is 33.1 Å². The smallest absolute Gasteiger partial charge is 0.172 e. The van der Waals surface area contributed by atoms with Gasteiger partial charge < -0.3 is 14.7 Å². The van der Waals surface area contributed by atoms with Gasteiger partial charge in [0.15, 0.2) is 5.79 Å². The van der Waals surface area contributed by atoms with Crippen molar-refractivity contribution in [1.82, 2.24) is 5.06 Å². The number of hydrogen-bond donors (Lipinski definition) is 1. The van der Waals surface area contributed by atoms with Crippen LogP contribution in [0, 0.1) is 11.3 Å². The van der Waals surface area contributed by atoms with E-state index in [4.69, 9.17) is 9.47 Å². The maximum Gasteiger partial charge on any atom is 0.172 e. The van der Waals surface area contributed by atoms with Crippen molar-refractivity contribution < 1.29 is 14.7 Å². The zero-order chi connectivity index (χ0) is 16.8. The van der Waals surface area contributed by atoms with E-state index in [0.29, 0.717) is 13.2 Å². The lowest BCUT2D eigenvalue weighted by molar-refractivity contribution is -0.341. The molecule has 130 valence electrons. The first-order chi connectivity index (χ1) is 10.1. The largest absolute Gasteiger partial charge is 0.349 e. The normalized spacial score (nSPS) is 42.3. The average molecular weight is 313 g/mol. The summed E-state index contributed by atoms with van der Waals surface area (Å²) >= 11 is 0. The molecule has 0 amide bonds. The lowest BCUT2D eigenvalue weighted by Crippen LogP contribution is -2.62. The van der Waals surface area contributed by atoms with Gasteiger partial charge in [-0.3, -0.25) is 0 Å². The summed E-state index contributed by atoms with van der Waals surface area (Å²) in [6.45, 7) is 16.5. The summed E-state index contributed by atoms with van der Waals surface area (Å²) in [5.41, 5.74) is -0.530. The summed E-state index contributed by atoms with van der Waals surface area (Å²) in [6.07, 6.45) is 3.48. The van der Waals surface area contributed by atoms with E-state index >= 15 is 0 Å². The number of hydroxylamine groups is 2. The summed E-state index contributed by atoms with van der Waals surface area (Å²) in [4.78, 5) is 0. The lowest BCUT2D eigenvalue weighted by Gasteiger charge is -2.52. The second-order valence-electron chi connectivity index (χ2n) is 8.65. The van der Waals surface area contributed by atoms with Crippen LogP contribution in [0.2, 0.25) is 0 Å². The van der Waals surface area contributed by atoms with Crippen molar-refractivity contribution in [2.24, 2.45) is 11.3 Å². The molecule has 0 saturated carbocycles. The molecule has 3 unspecified atom stereocenters. The van der Waals surface area contributed by atoms with E-state index in [9.17, 15) is 5.21 Å². The van der Waals surface area contributed by atoms with Crippen molar-refractivity contribution in [3.63, 3.8) is 0 Å². The van der Waals surface area contributed by atoms with E-state index in [-0.39, 0.29) is 22.4 Å². The van der Waals surface area contributed by atoms with Crippen LogP contribution in [-0.2, 0) is 9.47 Å². The Morgan fingerprint density at radius 1 is 1.00 bits per heavy atom. The van der Waals surface area contributed by atoms with Gasteiger partial charge in [-0.1, -0.05) is 34.6 Å². The third-order valence-electron chi connectivity index (χ3n) is 6.49. The number of rotatable bonds is 2. The lowest BCUT2D eigenvalue weighted by atomic mass is 9.77. The molecular formula is C18H35NO3. The van der Waals surface area contributed by atoms with Gasteiger partial charge in [0, 0.05) is 23.3 Å². The van der Waals surface area contributed by atoms with E-state index in [2.05, 4.69) is 48.5 Å². The average Bonchev–Trinajstić information content (AvgIpc) is 2.56. The fraction of sp³-hybridized carbons (Fsp3) is 1.00. The van der Waals surface area contributed by atoms with Crippen molar-refractivity contribution in [3.8, 4) is 0 Å². The third kappa shape index (κ3) is 2.72. The van der Waals surface area contributed by atoms with Crippen LogP contribution in [0.15, 0.2) is 0 Å². The molecule has 22 heavy (non-hydrogen) atoms. The molecule has 2 rings (SSSR count). The molecule has 2 heterocycles. The Morgan fingerprint density at radius 3 is 2.00 bits per heavy atom. The molecule has 4 heteroatoms. The molecule has 2 aliphatic rings. The van der Waals surface area contributed by atoms with Gasteiger partial charge in [-0.15, -0.1) is 0 Å². The van der Waals surface area contributed by atoms with Crippen molar-refractivity contribution in [3.05, 3.63) is 0 Å². The van der Waals surface area contributed by atoms with Crippen LogP contribution in [-0.4, -0.2) is 40.3 Å². The Balaban J connectivity index is 2.39. The molecule has 0 bridgehead atoms. The predicted octanol–water partition coefficient (Wildman–Crippen LogP) is 4.21. The van der Waals surface area contributed by atoms with Gasteiger partial charge in [0.05, 0.1) is 18.8 Å². The van der Waals surface area contributed by atoms with E-state index in [1.54, 1.807) is 5.06 Å².